The van der Waals surface area contributed by atoms with E-state index in [4.69, 9.17) is 5.11 Å². The van der Waals surface area contributed by atoms with Crippen LogP contribution in [0.1, 0.15) is 17.9 Å². The Morgan fingerprint density at radius 2 is 1.92 bits per heavy atom. The molecule has 12 heavy (non-hydrogen) atoms. The third kappa shape index (κ3) is 1.20. The fourth-order valence-electron chi connectivity index (χ4n) is 1.28. The molecule has 1 saturated carbocycles. The molecular formula is C9H8F2O. The third-order valence-corrected chi connectivity index (χ3v) is 2.13. The molecule has 0 aliphatic heterocycles. The van der Waals surface area contributed by atoms with Gasteiger partial charge in [0.05, 0.1) is 6.10 Å². The molecule has 64 valence electrons. The van der Waals surface area contributed by atoms with Crippen molar-refractivity contribution in [1.29, 1.82) is 0 Å². The molecule has 0 amide bonds. The van der Waals surface area contributed by atoms with E-state index in [9.17, 15) is 8.78 Å². The summed E-state index contributed by atoms with van der Waals surface area (Å²) in [7, 11) is 0. The number of hydrogen-bond donors (Lipinski definition) is 1. The van der Waals surface area contributed by atoms with Crippen LogP contribution in [0.5, 0.6) is 0 Å². The monoisotopic (exact) mass is 170 g/mol. The van der Waals surface area contributed by atoms with E-state index >= 15 is 0 Å². The van der Waals surface area contributed by atoms with E-state index in [0.29, 0.717) is 12.0 Å². The zero-order valence-corrected chi connectivity index (χ0v) is 6.30. The van der Waals surface area contributed by atoms with E-state index in [-0.39, 0.29) is 12.0 Å². The molecule has 1 nitrogen and oxygen atoms in total. The zero-order chi connectivity index (χ0) is 8.72. The predicted octanol–water partition coefficient (Wildman–Crippen LogP) is 1.81. The van der Waals surface area contributed by atoms with Gasteiger partial charge in [-0.05, 0) is 24.1 Å². The summed E-state index contributed by atoms with van der Waals surface area (Å²) < 4.78 is 25.1. The topological polar surface area (TPSA) is 20.2 Å². The maximum Gasteiger partial charge on any atom is 0.159 e. The number of rotatable bonds is 1. The second-order valence-corrected chi connectivity index (χ2v) is 3.08. The predicted molar refractivity (Wildman–Crippen MR) is 39.7 cm³/mol. The van der Waals surface area contributed by atoms with Gasteiger partial charge in [0.25, 0.3) is 0 Å². The molecule has 1 aromatic rings. The van der Waals surface area contributed by atoms with Crippen molar-refractivity contribution in [2.45, 2.75) is 18.4 Å². The molecule has 1 aromatic carbocycles. The minimum Gasteiger partial charge on any atom is -0.392 e. The lowest BCUT2D eigenvalue weighted by Gasteiger charge is -1.98. The third-order valence-electron chi connectivity index (χ3n) is 2.13. The van der Waals surface area contributed by atoms with Gasteiger partial charge in [-0.25, -0.2) is 8.78 Å². The van der Waals surface area contributed by atoms with Crippen LogP contribution in [0, 0.1) is 11.6 Å². The molecule has 1 fully saturated rings. The zero-order valence-electron chi connectivity index (χ0n) is 6.30. The molecule has 0 unspecified atom stereocenters. The van der Waals surface area contributed by atoms with Gasteiger partial charge in [-0.2, -0.15) is 0 Å². The van der Waals surface area contributed by atoms with Crippen LogP contribution < -0.4 is 0 Å². The van der Waals surface area contributed by atoms with Crippen molar-refractivity contribution in [3.63, 3.8) is 0 Å². The van der Waals surface area contributed by atoms with Crippen LogP contribution in [0.4, 0.5) is 8.78 Å². The summed E-state index contributed by atoms with van der Waals surface area (Å²) in [5, 5.41) is 9.02. The van der Waals surface area contributed by atoms with Crippen molar-refractivity contribution >= 4 is 0 Å². The molecule has 0 heterocycles. The van der Waals surface area contributed by atoms with Crippen LogP contribution in [0.2, 0.25) is 0 Å². The van der Waals surface area contributed by atoms with Gasteiger partial charge in [0.2, 0.25) is 0 Å². The van der Waals surface area contributed by atoms with E-state index < -0.39 is 11.6 Å². The Labute approximate surface area is 68.6 Å². The van der Waals surface area contributed by atoms with Crippen molar-refractivity contribution in [3.8, 4) is 0 Å². The summed E-state index contributed by atoms with van der Waals surface area (Å²) in [5.41, 5.74) is 0.682. The normalized spacial score (nSPS) is 27.2. The summed E-state index contributed by atoms with van der Waals surface area (Å²) in [5.74, 6) is -1.67. The van der Waals surface area contributed by atoms with Crippen LogP contribution in [-0.2, 0) is 0 Å². The maximum atomic E-state index is 12.6. The van der Waals surface area contributed by atoms with Crippen LogP contribution >= 0.6 is 0 Å². The van der Waals surface area contributed by atoms with E-state index in [2.05, 4.69) is 0 Å². The molecule has 1 N–H and O–H groups in total. The molecule has 0 saturated heterocycles. The molecule has 0 spiro atoms. The molecule has 1 aliphatic rings. The van der Waals surface area contributed by atoms with Gasteiger partial charge in [0, 0.05) is 5.92 Å². The second-order valence-electron chi connectivity index (χ2n) is 3.08. The average Bonchev–Trinajstić information content (AvgIpc) is 2.73. The first kappa shape index (κ1) is 7.68. The lowest BCUT2D eigenvalue weighted by atomic mass is 10.1. The maximum absolute atomic E-state index is 12.6. The Balaban J connectivity index is 2.29. The Morgan fingerprint density at radius 1 is 1.25 bits per heavy atom. The van der Waals surface area contributed by atoms with Gasteiger partial charge in [-0.15, -0.1) is 0 Å². The first-order valence-corrected chi connectivity index (χ1v) is 3.81. The lowest BCUT2D eigenvalue weighted by Crippen LogP contribution is -1.90. The number of aliphatic hydroxyl groups is 1. The van der Waals surface area contributed by atoms with E-state index in [1.807, 2.05) is 0 Å². The van der Waals surface area contributed by atoms with Crippen molar-refractivity contribution < 1.29 is 13.9 Å². The van der Waals surface area contributed by atoms with Gasteiger partial charge in [-0.1, -0.05) is 6.07 Å². The Bertz CT molecular complexity index is 311. The molecule has 1 aliphatic carbocycles. The van der Waals surface area contributed by atoms with Crippen LogP contribution in [-0.4, -0.2) is 11.2 Å². The Morgan fingerprint density at radius 3 is 2.42 bits per heavy atom. The fourth-order valence-corrected chi connectivity index (χ4v) is 1.28. The van der Waals surface area contributed by atoms with E-state index in [0.717, 1.165) is 12.1 Å². The number of hydrogen-bond acceptors (Lipinski definition) is 1. The Hall–Kier alpha value is -0.960. The minimum atomic E-state index is -0.841. The van der Waals surface area contributed by atoms with E-state index in [1.54, 1.807) is 0 Å². The highest BCUT2D eigenvalue weighted by molar-refractivity contribution is 5.27. The molecule has 3 heteroatoms. The summed E-state index contributed by atoms with van der Waals surface area (Å²) in [6, 6.07) is 3.76. The van der Waals surface area contributed by atoms with Gasteiger partial charge in [0.15, 0.2) is 11.6 Å². The largest absolute Gasteiger partial charge is 0.392 e. The van der Waals surface area contributed by atoms with Crippen molar-refractivity contribution in [2.24, 2.45) is 0 Å². The smallest absolute Gasteiger partial charge is 0.159 e. The highest BCUT2D eigenvalue weighted by Gasteiger charge is 2.36. The van der Waals surface area contributed by atoms with Gasteiger partial charge in [0.1, 0.15) is 0 Å². The average molecular weight is 170 g/mol. The minimum absolute atomic E-state index is 0.0140. The van der Waals surface area contributed by atoms with Gasteiger partial charge >= 0.3 is 0 Å². The van der Waals surface area contributed by atoms with Crippen molar-refractivity contribution in [2.75, 3.05) is 0 Å². The number of halogens is 2. The van der Waals surface area contributed by atoms with Crippen LogP contribution in [0.15, 0.2) is 18.2 Å². The van der Waals surface area contributed by atoms with Gasteiger partial charge in [-0.3, -0.25) is 0 Å². The molecule has 0 bridgehead atoms. The lowest BCUT2D eigenvalue weighted by molar-refractivity contribution is 0.271. The molecule has 0 radical (unpaired) electrons. The Kier molecular flexibility index (Phi) is 1.61. The van der Waals surface area contributed by atoms with Crippen molar-refractivity contribution in [1.82, 2.24) is 0 Å². The summed E-state index contributed by atoms with van der Waals surface area (Å²) in [6.45, 7) is 0. The molecule has 2 rings (SSSR count). The van der Waals surface area contributed by atoms with Crippen molar-refractivity contribution in [3.05, 3.63) is 35.4 Å². The van der Waals surface area contributed by atoms with Crippen LogP contribution in [0.25, 0.3) is 0 Å². The molecule has 2 atom stereocenters. The first-order chi connectivity index (χ1) is 5.68. The van der Waals surface area contributed by atoms with Gasteiger partial charge < -0.3 is 5.11 Å². The molecule has 0 aromatic heterocycles. The summed E-state index contributed by atoms with van der Waals surface area (Å²) >= 11 is 0. The quantitative estimate of drug-likeness (QED) is 0.681. The number of aliphatic hydroxyl groups excluding tert-OH is 1. The standard InChI is InChI=1S/C9H8F2O/c10-7-2-1-5(3-8(7)11)6-4-9(6)12/h1-3,6,9,12H,4H2/t6-,9+/m0/s1. The second kappa shape index (κ2) is 2.52. The fraction of sp³-hybridized carbons (Fsp3) is 0.333. The SMILES string of the molecule is O[C@@H]1C[C@H]1c1ccc(F)c(F)c1. The summed E-state index contributed by atoms with van der Waals surface area (Å²) in [6.07, 6.45) is 0.292. The first-order valence-electron chi connectivity index (χ1n) is 3.81. The highest BCUT2D eigenvalue weighted by atomic mass is 19.2. The highest BCUT2D eigenvalue weighted by Crippen LogP contribution is 2.40. The number of benzene rings is 1. The van der Waals surface area contributed by atoms with Crippen LogP contribution in [0.3, 0.4) is 0 Å². The molecular weight excluding hydrogens is 162 g/mol. The summed E-state index contributed by atoms with van der Waals surface area (Å²) in [4.78, 5) is 0. The van der Waals surface area contributed by atoms with E-state index in [1.165, 1.54) is 6.07 Å².